The van der Waals surface area contributed by atoms with Crippen molar-refractivity contribution < 1.29 is 19.4 Å². The summed E-state index contributed by atoms with van der Waals surface area (Å²) < 4.78 is 5.76. The number of rotatable bonds is 3. The third kappa shape index (κ3) is 2.85. The van der Waals surface area contributed by atoms with E-state index < -0.39 is 29.0 Å². The van der Waals surface area contributed by atoms with Crippen LogP contribution in [0.25, 0.3) is 0 Å². The Morgan fingerprint density at radius 1 is 1.46 bits per heavy atom. The summed E-state index contributed by atoms with van der Waals surface area (Å²) in [7, 11) is 0. The molecule has 1 fully saturated rings. The standard InChI is InChI=1S/C20H30O4/c1-7-14(5)18(22)24-16-10-13(4)8-9-20(23)17(12(2)3)15(21)11-19(16,20)6/h7,10,12,16-17,23H,8-9,11H2,1-6H3/b14-7-/t16-,17-,19-,20+/m0/s1. The zero-order valence-corrected chi connectivity index (χ0v) is 15.7. The fourth-order valence-electron chi connectivity index (χ4n) is 4.36. The highest BCUT2D eigenvalue weighted by Crippen LogP contribution is 2.57. The molecule has 2 aliphatic carbocycles. The van der Waals surface area contributed by atoms with Crippen LogP contribution in [-0.4, -0.2) is 28.6 Å². The third-order valence-electron chi connectivity index (χ3n) is 6.01. The molecule has 2 aliphatic rings. The number of hydrogen-bond donors (Lipinski definition) is 1. The molecule has 24 heavy (non-hydrogen) atoms. The number of ketones is 1. The lowest BCUT2D eigenvalue weighted by atomic mass is 9.66. The predicted molar refractivity (Wildman–Crippen MR) is 93.3 cm³/mol. The molecular formula is C20H30O4. The molecule has 0 aromatic heterocycles. The summed E-state index contributed by atoms with van der Waals surface area (Å²) in [5.74, 6) is -0.675. The van der Waals surface area contributed by atoms with Crippen molar-refractivity contribution in [3.63, 3.8) is 0 Å². The number of carbonyl (C=O) groups excluding carboxylic acids is 2. The first-order valence-electron chi connectivity index (χ1n) is 8.83. The Morgan fingerprint density at radius 3 is 2.62 bits per heavy atom. The molecule has 0 radical (unpaired) electrons. The molecule has 1 saturated carbocycles. The number of aliphatic hydroxyl groups is 1. The van der Waals surface area contributed by atoms with Crippen molar-refractivity contribution in [2.45, 2.75) is 72.5 Å². The molecule has 2 rings (SSSR count). The van der Waals surface area contributed by atoms with Gasteiger partial charge in [-0.25, -0.2) is 4.79 Å². The number of hydrogen-bond acceptors (Lipinski definition) is 4. The van der Waals surface area contributed by atoms with Crippen LogP contribution >= 0.6 is 0 Å². The Kier molecular flexibility index (Phi) is 5.10. The molecule has 0 saturated heterocycles. The Hall–Kier alpha value is -1.42. The maximum atomic E-state index is 12.7. The summed E-state index contributed by atoms with van der Waals surface area (Å²) in [6.45, 7) is 11.3. The van der Waals surface area contributed by atoms with Crippen LogP contribution in [-0.2, 0) is 14.3 Å². The van der Waals surface area contributed by atoms with Gasteiger partial charge in [-0.1, -0.05) is 32.4 Å². The van der Waals surface area contributed by atoms with Gasteiger partial charge >= 0.3 is 5.97 Å². The van der Waals surface area contributed by atoms with E-state index in [4.69, 9.17) is 4.74 Å². The van der Waals surface area contributed by atoms with Gasteiger partial charge in [0.15, 0.2) is 0 Å². The highest BCUT2D eigenvalue weighted by Gasteiger charge is 2.65. The van der Waals surface area contributed by atoms with E-state index in [9.17, 15) is 14.7 Å². The zero-order valence-electron chi connectivity index (χ0n) is 15.7. The van der Waals surface area contributed by atoms with Crippen molar-refractivity contribution in [3.8, 4) is 0 Å². The van der Waals surface area contributed by atoms with E-state index in [1.54, 1.807) is 19.9 Å². The van der Waals surface area contributed by atoms with E-state index in [0.29, 0.717) is 18.4 Å². The van der Waals surface area contributed by atoms with Crippen LogP contribution in [0.3, 0.4) is 0 Å². The molecule has 0 bridgehead atoms. The largest absolute Gasteiger partial charge is 0.454 e. The third-order valence-corrected chi connectivity index (χ3v) is 6.01. The van der Waals surface area contributed by atoms with Crippen LogP contribution in [0, 0.1) is 17.3 Å². The van der Waals surface area contributed by atoms with E-state index in [-0.39, 0.29) is 18.1 Å². The maximum absolute atomic E-state index is 12.7. The molecule has 0 spiro atoms. The Labute approximate surface area is 145 Å². The van der Waals surface area contributed by atoms with E-state index in [0.717, 1.165) is 5.57 Å². The van der Waals surface area contributed by atoms with Crippen LogP contribution in [0.5, 0.6) is 0 Å². The number of fused-ring (bicyclic) bond motifs is 1. The van der Waals surface area contributed by atoms with Gasteiger partial charge in [-0.3, -0.25) is 4.79 Å². The Bertz CT molecular complexity index is 601. The van der Waals surface area contributed by atoms with Crippen molar-refractivity contribution >= 4 is 11.8 Å². The van der Waals surface area contributed by atoms with Crippen molar-refractivity contribution in [1.82, 2.24) is 0 Å². The summed E-state index contributed by atoms with van der Waals surface area (Å²) in [5.41, 5.74) is -0.325. The lowest BCUT2D eigenvalue weighted by Gasteiger charge is -2.45. The van der Waals surface area contributed by atoms with Crippen molar-refractivity contribution in [2.24, 2.45) is 17.3 Å². The van der Waals surface area contributed by atoms with Gasteiger partial charge in [-0.2, -0.15) is 0 Å². The molecule has 0 amide bonds. The van der Waals surface area contributed by atoms with Gasteiger partial charge < -0.3 is 9.84 Å². The van der Waals surface area contributed by atoms with Crippen LogP contribution in [0.4, 0.5) is 0 Å². The highest BCUT2D eigenvalue weighted by molar-refractivity contribution is 5.89. The Morgan fingerprint density at radius 2 is 2.08 bits per heavy atom. The summed E-state index contributed by atoms with van der Waals surface area (Å²) in [5, 5.41) is 11.6. The number of carbonyl (C=O) groups is 2. The second-order valence-electron chi connectivity index (χ2n) is 8.02. The number of esters is 1. The SMILES string of the molecule is C/C=C(/C)C(=O)O[C@H]1C=C(C)CC[C@@]2(O)[C@@H](C(C)C)C(=O)C[C@@]12C. The lowest BCUT2D eigenvalue weighted by Crippen LogP contribution is -2.54. The quantitative estimate of drug-likeness (QED) is 0.487. The first kappa shape index (κ1) is 18.9. The minimum atomic E-state index is -1.15. The summed E-state index contributed by atoms with van der Waals surface area (Å²) in [4.78, 5) is 25.0. The maximum Gasteiger partial charge on any atom is 0.333 e. The smallest absolute Gasteiger partial charge is 0.333 e. The van der Waals surface area contributed by atoms with Gasteiger partial charge in [0.25, 0.3) is 0 Å². The van der Waals surface area contributed by atoms with Crippen LogP contribution in [0.15, 0.2) is 23.3 Å². The van der Waals surface area contributed by atoms with Gasteiger partial charge in [0.2, 0.25) is 0 Å². The molecule has 0 aromatic rings. The van der Waals surface area contributed by atoms with Gasteiger partial charge in [-0.05, 0) is 45.6 Å². The minimum Gasteiger partial charge on any atom is -0.454 e. The molecule has 0 heterocycles. The normalized spacial score (nSPS) is 37.1. The minimum absolute atomic E-state index is 0.0522. The zero-order chi connectivity index (χ0) is 18.3. The van der Waals surface area contributed by atoms with Crippen LogP contribution in [0.1, 0.15) is 60.8 Å². The summed E-state index contributed by atoms with van der Waals surface area (Å²) >= 11 is 0. The first-order valence-corrected chi connectivity index (χ1v) is 8.83. The number of allylic oxidation sites excluding steroid dienone is 2. The fraction of sp³-hybridized carbons (Fsp3) is 0.700. The number of Topliss-reactive ketones (excluding diaryl/α,β-unsaturated/α-hetero) is 1. The van der Waals surface area contributed by atoms with E-state index >= 15 is 0 Å². The van der Waals surface area contributed by atoms with Crippen molar-refractivity contribution in [1.29, 1.82) is 0 Å². The number of ether oxygens (including phenoxy) is 1. The molecule has 4 nitrogen and oxygen atoms in total. The van der Waals surface area contributed by atoms with Crippen LogP contribution < -0.4 is 0 Å². The van der Waals surface area contributed by atoms with Crippen molar-refractivity contribution in [3.05, 3.63) is 23.3 Å². The fourth-order valence-corrected chi connectivity index (χ4v) is 4.36. The van der Waals surface area contributed by atoms with E-state index in [2.05, 4.69) is 0 Å². The lowest BCUT2D eigenvalue weighted by molar-refractivity contribution is -0.166. The molecule has 1 N–H and O–H groups in total. The average Bonchev–Trinajstić information content (AvgIpc) is 2.65. The van der Waals surface area contributed by atoms with Crippen molar-refractivity contribution in [2.75, 3.05) is 0 Å². The van der Waals surface area contributed by atoms with Gasteiger partial charge in [0.1, 0.15) is 11.9 Å². The monoisotopic (exact) mass is 334 g/mol. The second-order valence-corrected chi connectivity index (χ2v) is 8.02. The van der Waals surface area contributed by atoms with Crippen LogP contribution in [0.2, 0.25) is 0 Å². The summed E-state index contributed by atoms with van der Waals surface area (Å²) in [6.07, 6.45) is 4.51. The van der Waals surface area contributed by atoms with E-state index in [1.807, 2.05) is 33.8 Å². The highest BCUT2D eigenvalue weighted by atomic mass is 16.5. The van der Waals surface area contributed by atoms with Gasteiger partial charge in [0.05, 0.1) is 5.60 Å². The topological polar surface area (TPSA) is 63.6 Å². The molecular weight excluding hydrogens is 304 g/mol. The predicted octanol–water partition coefficient (Wildman–Crippen LogP) is 3.59. The molecule has 0 unspecified atom stereocenters. The summed E-state index contributed by atoms with van der Waals surface area (Å²) in [6, 6.07) is 0. The average molecular weight is 334 g/mol. The van der Waals surface area contributed by atoms with Gasteiger partial charge in [-0.15, -0.1) is 0 Å². The molecule has 4 heteroatoms. The second kappa shape index (κ2) is 6.47. The molecule has 0 aromatic carbocycles. The van der Waals surface area contributed by atoms with Gasteiger partial charge in [0, 0.05) is 23.3 Å². The molecule has 134 valence electrons. The Balaban J connectivity index is 2.48. The molecule has 4 atom stereocenters. The molecule has 0 aliphatic heterocycles. The van der Waals surface area contributed by atoms with E-state index in [1.165, 1.54) is 0 Å². The first-order chi connectivity index (χ1) is 11.1.